The maximum atomic E-state index is 12.9. The van der Waals surface area contributed by atoms with Crippen molar-refractivity contribution in [3.63, 3.8) is 0 Å². The van der Waals surface area contributed by atoms with Crippen LogP contribution in [0.1, 0.15) is 57.8 Å². The minimum absolute atomic E-state index is 0.229. The van der Waals surface area contributed by atoms with Crippen molar-refractivity contribution in [3.05, 3.63) is 0 Å². The van der Waals surface area contributed by atoms with Gasteiger partial charge in [-0.25, -0.2) is 0 Å². The second-order valence-electron chi connectivity index (χ2n) is 8.30. The summed E-state index contributed by atoms with van der Waals surface area (Å²) in [6.45, 7) is 0.229. The Morgan fingerprint density at radius 1 is 0.952 bits per heavy atom. The van der Waals surface area contributed by atoms with Crippen LogP contribution in [0.3, 0.4) is 0 Å². The fourth-order valence-electron chi connectivity index (χ4n) is 6.25. The number of hydrogen-bond acceptors (Lipinski definition) is 2. The van der Waals surface area contributed by atoms with Gasteiger partial charge in [-0.1, -0.05) is 12.8 Å². The zero-order valence-corrected chi connectivity index (χ0v) is 13.0. The molecule has 0 aromatic heterocycles. The van der Waals surface area contributed by atoms with Crippen molar-refractivity contribution in [1.29, 1.82) is 0 Å². The molecule has 1 amide bonds. The molecule has 0 aromatic carbocycles. The summed E-state index contributed by atoms with van der Waals surface area (Å²) in [5, 5.41) is 12.9. The Bertz CT molecular complexity index is 380. The molecule has 5 aliphatic carbocycles. The van der Waals surface area contributed by atoms with Crippen LogP contribution in [-0.4, -0.2) is 23.7 Å². The molecular weight excluding hydrogens is 262 g/mol. The third-order valence-electron chi connectivity index (χ3n) is 7.00. The Hall–Kier alpha value is -0.570. The summed E-state index contributed by atoms with van der Waals surface area (Å²) in [5.41, 5.74) is 0. The highest BCUT2D eigenvalue weighted by Crippen LogP contribution is 2.56. The van der Waals surface area contributed by atoms with Crippen LogP contribution in [0.25, 0.3) is 0 Å². The van der Waals surface area contributed by atoms with E-state index in [2.05, 4.69) is 5.32 Å². The van der Waals surface area contributed by atoms with E-state index >= 15 is 0 Å². The molecular formula is C18H29NO2. The zero-order valence-electron chi connectivity index (χ0n) is 13.0. The van der Waals surface area contributed by atoms with Crippen LogP contribution >= 0.6 is 0 Å². The van der Waals surface area contributed by atoms with Gasteiger partial charge in [-0.2, -0.15) is 0 Å². The second kappa shape index (κ2) is 5.57. The van der Waals surface area contributed by atoms with Crippen molar-refractivity contribution in [1.82, 2.24) is 5.32 Å². The molecule has 5 aliphatic rings. The van der Waals surface area contributed by atoms with Crippen LogP contribution in [0.15, 0.2) is 0 Å². The number of nitrogens with one attached hydrogen (secondary N) is 1. The first-order valence-corrected chi connectivity index (χ1v) is 9.15. The fourth-order valence-corrected chi connectivity index (χ4v) is 6.25. The van der Waals surface area contributed by atoms with Crippen molar-refractivity contribution < 1.29 is 9.90 Å². The van der Waals surface area contributed by atoms with Crippen molar-refractivity contribution in [2.45, 2.75) is 63.8 Å². The van der Waals surface area contributed by atoms with E-state index in [1.165, 1.54) is 44.9 Å². The van der Waals surface area contributed by atoms with E-state index in [1.807, 2.05) is 0 Å². The van der Waals surface area contributed by atoms with Crippen molar-refractivity contribution in [2.75, 3.05) is 6.61 Å². The molecule has 21 heavy (non-hydrogen) atoms. The van der Waals surface area contributed by atoms with Crippen LogP contribution in [-0.2, 0) is 4.79 Å². The van der Waals surface area contributed by atoms with E-state index in [0.29, 0.717) is 29.6 Å². The molecule has 5 saturated carbocycles. The van der Waals surface area contributed by atoms with Gasteiger partial charge in [0.1, 0.15) is 0 Å². The van der Waals surface area contributed by atoms with Gasteiger partial charge < -0.3 is 10.4 Å². The fraction of sp³-hybridized carbons (Fsp3) is 0.944. The number of aliphatic hydroxyl groups is 1. The number of aliphatic hydroxyl groups excluding tert-OH is 1. The summed E-state index contributed by atoms with van der Waals surface area (Å²) in [4.78, 5) is 12.9. The van der Waals surface area contributed by atoms with Gasteiger partial charge in [-0.15, -0.1) is 0 Å². The van der Waals surface area contributed by atoms with E-state index < -0.39 is 0 Å². The van der Waals surface area contributed by atoms with Gasteiger partial charge in [0, 0.05) is 24.5 Å². The molecule has 5 rings (SSSR count). The highest BCUT2D eigenvalue weighted by molar-refractivity contribution is 5.80. The standard InChI is InChI=1S/C18H29NO2/c20-10-13-3-1-2-4-16(13)19-18(21)17-14-6-11-5-12(8-14)9-15(17)7-11/h11-17,20H,1-10H2,(H,19,21)/t11?,12?,13-,14?,15?,16+,17?/m1/s1. The summed E-state index contributed by atoms with van der Waals surface area (Å²) < 4.78 is 0. The SMILES string of the molecule is O=C(N[C@H]1CCCC[C@@H]1CO)C1C2CC3CC(C2)CC1C3. The molecule has 5 fully saturated rings. The number of carbonyl (C=O) groups is 1. The lowest BCUT2D eigenvalue weighted by Crippen LogP contribution is -2.54. The van der Waals surface area contributed by atoms with Gasteiger partial charge in [0.2, 0.25) is 5.91 Å². The average molecular weight is 291 g/mol. The molecule has 0 heterocycles. The molecule has 0 unspecified atom stereocenters. The van der Waals surface area contributed by atoms with Crippen molar-refractivity contribution in [3.8, 4) is 0 Å². The van der Waals surface area contributed by atoms with Crippen LogP contribution in [0.2, 0.25) is 0 Å². The van der Waals surface area contributed by atoms with Crippen molar-refractivity contribution in [2.24, 2.45) is 35.5 Å². The molecule has 3 heteroatoms. The van der Waals surface area contributed by atoms with E-state index in [-0.39, 0.29) is 12.6 Å². The Morgan fingerprint density at radius 2 is 1.57 bits per heavy atom. The number of amides is 1. The lowest BCUT2D eigenvalue weighted by molar-refractivity contribution is -0.139. The van der Waals surface area contributed by atoms with Crippen molar-refractivity contribution >= 4 is 5.91 Å². The lowest BCUT2D eigenvalue weighted by atomic mass is 9.51. The average Bonchev–Trinajstić information content (AvgIpc) is 2.46. The zero-order chi connectivity index (χ0) is 14.4. The Labute approximate surface area is 127 Å². The molecule has 2 N–H and O–H groups in total. The molecule has 0 saturated heterocycles. The minimum Gasteiger partial charge on any atom is -0.396 e. The lowest BCUT2D eigenvalue weighted by Gasteiger charge is -2.54. The van der Waals surface area contributed by atoms with Crippen LogP contribution in [0.4, 0.5) is 0 Å². The Kier molecular flexibility index (Phi) is 3.72. The Balaban J connectivity index is 1.43. The third-order valence-corrected chi connectivity index (χ3v) is 7.00. The molecule has 118 valence electrons. The maximum absolute atomic E-state index is 12.9. The summed E-state index contributed by atoms with van der Waals surface area (Å²) in [6.07, 6.45) is 11.2. The normalized spacial score (nSPS) is 48.3. The third kappa shape index (κ3) is 2.52. The predicted octanol–water partition coefficient (Wildman–Crippen LogP) is 2.73. The molecule has 3 nitrogen and oxygen atoms in total. The first kappa shape index (κ1) is 14.0. The summed E-state index contributed by atoms with van der Waals surface area (Å²) in [6, 6.07) is 0.230. The van der Waals surface area contributed by atoms with E-state index in [1.54, 1.807) is 0 Å². The van der Waals surface area contributed by atoms with Crippen LogP contribution in [0, 0.1) is 35.5 Å². The molecule has 2 atom stereocenters. The van der Waals surface area contributed by atoms with E-state index in [9.17, 15) is 9.90 Å². The summed E-state index contributed by atoms with van der Waals surface area (Å²) in [7, 11) is 0. The first-order chi connectivity index (χ1) is 10.2. The monoisotopic (exact) mass is 291 g/mol. The summed E-state index contributed by atoms with van der Waals surface area (Å²) in [5.74, 6) is 4.09. The molecule has 0 aliphatic heterocycles. The van der Waals surface area contributed by atoms with Gasteiger partial charge in [0.05, 0.1) is 0 Å². The molecule has 0 aromatic rings. The van der Waals surface area contributed by atoms with Gasteiger partial charge in [0.25, 0.3) is 0 Å². The smallest absolute Gasteiger partial charge is 0.223 e. The largest absolute Gasteiger partial charge is 0.396 e. The van der Waals surface area contributed by atoms with Gasteiger partial charge in [-0.05, 0) is 68.6 Å². The van der Waals surface area contributed by atoms with Gasteiger partial charge >= 0.3 is 0 Å². The van der Waals surface area contributed by atoms with Gasteiger partial charge in [0.15, 0.2) is 0 Å². The first-order valence-electron chi connectivity index (χ1n) is 9.15. The number of hydrogen-bond donors (Lipinski definition) is 2. The minimum atomic E-state index is 0.229. The van der Waals surface area contributed by atoms with E-state index in [0.717, 1.165) is 24.7 Å². The van der Waals surface area contributed by atoms with Crippen LogP contribution < -0.4 is 5.32 Å². The second-order valence-corrected chi connectivity index (χ2v) is 8.30. The quantitative estimate of drug-likeness (QED) is 0.840. The highest BCUT2D eigenvalue weighted by atomic mass is 16.3. The highest BCUT2D eigenvalue weighted by Gasteiger charge is 2.51. The molecule has 4 bridgehead atoms. The topological polar surface area (TPSA) is 49.3 Å². The predicted molar refractivity (Wildman–Crippen MR) is 81.5 cm³/mol. The van der Waals surface area contributed by atoms with E-state index in [4.69, 9.17) is 0 Å². The number of carbonyl (C=O) groups excluding carboxylic acids is 1. The Morgan fingerprint density at radius 3 is 2.19 bits per heavy atom. The number of rotatable bonds is 3. The van der Waals surface area contributed by atoms with Crippen LogP contribution in [0.5, 0.6) is 0 Å². The molecule has 0 spiro atoms. The van der Waals surface area contributed by atoms with Gasteiger partial charge in [-0.3, -0.25) is 4.79 Å². The maximum Gasteiger partial charge on any atom is 0.223 e. The summed E-state index contributed by atoms with van der Waals surface area (Å²) >= 11 is 0. The molecule has 0 radical (unpaired) electrons.